The number of ether oxygens (including phenoxy) is 2. The molecule has 2 rings (SSSR count). The minimum absolute atomic E-state index is 0.588. The van der Waals surface area contributed by atoms with Gasteiger partial charge in [0, 0.05) is 5.56 Å². The number of methoxy groups -OCH3 is 2. The molecule has 0 unspecified atom stereocenters. The van der Waals surface area contributed by atoms with Gasteiger partial charge in [-0.05, 0) is 36.2 Å². The zero-order valence-electron chi connectivity index (χ0n) is 11.0. The SMILES string of the molecule is COc1ccc(-c2ccc(F)c(F)c2)c(C)c1OC. The van der Waals surface area contributed by atoms with E-state index in [-0.39, 0.29) is 0 Å². The fourth-order valence-corrected chi connectivity index (χ4v) is 2.06. The van der Waals surface area contributed by atoms with Gasteiger partial charge in [0.25, 0.3) is 0 Å². The minimum atomic E-state index is -0.869. The molecular weight excluding hydrogens is 250 g/mol. The Morgan fingerprint density at radius 3 is 2.21 bits per heavy atom. The number of benzene rings is 2. The Morgan fingerprint density at radius 1 is 0.895 bits per heavy atom. The molecule has 0 aliphatic heterocycles. The molecule has 0 aliphatic carbocycles. The Hall–Kier alpha value is -2.10. The van der Waals surface area contributed by atoms with Gasteiger partial charge in [-0.15, -0.1) is 0 Å². The molecular formula is C15H14F2O2. The van der Waals surface area contributed by atoms with Crippen LogP contribution in [0.2, 0.25) is 0 Å². The summed E-state index contributed by atoms with van der Waals surface area (Å²) >= 11 is 0. The van der Waals surface area contributed by atoms with Crippen LogP contribution in [-0.4, -0.2) is 14.2 Å². The highest BCUT2D eigenvalue weighted by Gasteiger charge is 2.13. The van der Waals surface area contributed by atoms with Crippen molar-refractivity contribution in [2.75, 3.05) is 14.2 Å². The van der Waals surface area contributed by atoms with Crippen LogP contribution in [0.5, 0.6) is 11.5 Å². The van der Waals surface area contributed by atoms with E-state index in [0.717, 1.165) is 17.2 Å². The predicted octanol–water partition coefficient (Wildman–Crippen LogP) is 3.96. The van der Waals surface area contributed by atoms with E-state index in [1.54, 1.807) is 26.4 Å². The van der Waals surface area contributed by atoms with E-state index in [1.165, 1.54) is 12.1 Å². The maximum absolute atomic E-state index is 13.3. The van der Waals surface area contributed by atoms with Gasteiger partial charge in [0.2, 0.25) is 0 Å². The molecule has 2 aromatic carbocycles. The summed E-state index contributed by atoms with van der Waals surface area (Å²) in [5.74, 6) is -0.537. The van der Waals surface area contributed by atoms with Gasteiger partial charge in [-0.25, -0.2) is 8.78 Å². The monoisotopic (exact) mass is 264 g/mol. The average Bonchev–Trinajstić information content (AvgIpc) is 2.41. The van der Waals surface area contributed by atoms with Gasteiger partial charge in [0.15, 0.2) is 23.1 Å². The standard InChI is InChI=1S/C15H14F2O2/c1-9-11(5-7-14(18-2)15(9)19-3)10-4-6-12(16)13(17)8-10/h4-8H,1-3H3. The van der Waals surface area contributed by atoms with Gasteiger partial charge < -0.3 is 9.47 Å². The Bertz CT molecular complexity index is 609. The second-order valence-corrected chi connectivity index (χ2v) is 4.10. The van der Waals surface area contributed by atoms with Crippen LogP contribution in [0.25, 0.3) is 11.1 Å². The van der Waals surface area contributed by atoms with Gasteiger partial charge in [0.05, 0.1) is 14.2 Å². The lowest BCUT2D eigenvalue weighted by Crippen LogP contribution is -1.95. The van der Waals surface area contributed by atoms with E-state index in [0.29, 0.717) is 17.1 Å². The molecule has 2 aromatic rings. The Morgan fingerprint density at radius 2 is 1.63 bits per heavy atom. The summed E-state index contributed by atoms with van der Waals surface area (Å²) in [6.45, 7) is 1.85. The summed E-state index contributed by atoms with van der Waals surface area (Å²) in [4.78, 5) is 0. The zero-order valence-corrected chi connectivity index (χ0v) is 11.0. The van der Waals surface area contributed by atoms with Crippen molar-refractivity contribution in [3.63, 3.8) is 0 Å². The molecule has 0 atom stereocenters. The molecule has 4 heteroatoms. The van der Waals surface area contributed by atoms with Gasteiger partial charge in [-0.1, -0.05) is 12.1 Å². The van der Waals surface area contributed by atoms with E-state index in [9.17, 15) is 8.78 Å². The predicted molar refractivity (Wildman–Crippen MR) is 69.6 cm³/mol. The highest BCUT2D eigenvalue weighted by atomic mass is 19.2. The molecule has 0 aromatic heterocycles. The Labute approximate surface area is 110 Å². The fraction of sp³-hybridized carbons (Fsp3) is 0.200. The van der Waals surface area contributed by atoms with Crippen LogP contribution in [0.15, 0.2) is 30.3 Å². The topological polar surface area (TPSA) is 18.5 Å². The highest BCUT2D eigenvalue weighted by Crippen LogP contribution is 2.37. The van der Waals surface area contributed by atoms with Crippen molar-refractivity contribution in [3.05, 3.63) is 47.5 Å². The van der Waals surface area contributed by atoms with E-state index in [4.69, 9.17) is 9.47 Å². The third-order valence-corrected chi connectivity index (χ3v) is 3.02. The Kier molecular flexibility index (Phi) is 3.69. The lowest BCUT2D eigenvalue weighted by Gasteiger charge is -2.14. The molecule has 0 saturated carbocycles. The van der Waals surface area contributed by atoms with Crippen molar-refractivity contribution in [3.8, 4) is 22.6 Å². The average molecular weight is 264 g/mol. The lowest BCUT2D eigenvalue weighted by atomic mass is 9.99. The third-order valence-electron chi connectivity index (χ3n) is 3.02. The maximum Gasteiger partial charge on any atom is 0.164 e. The van der Waals surface area contributed by atoms with Crippen LogP contribution in [0.1, 0.15) is 5.56 Å². The molecule has 0 amide bonds. The zero-order chi connectivity index (χ0) is 14.0. The van der Waals surface area contributed by atoms with E-state index in [2.05, 4.69) is 0 Å². The first-order valence-corrected chi connectivity index (χ1v) is 5.75. The van der Waals surface area contributed by atoms with Crippen molar-refractivity contribution in [1.29, 1.82) is 0 Å². The van der Waals surface area contributed by atoms with Gasteiger partial charge >= 0.3 is 0 Å². The summed E-state index contributed by atoms with van der Waals surface area (Å²) in [6, 6.07) is 7.35. The normalized spacial score (nSPS) is 10.4. The quantitative estimate of drug-likeness (QED) is 0.835. The minimum Gasteiger partial charge on any atom is -0.493 e. The molecule has 0 N–H and O–H groups in total. The van der Waals surface area contributed by atoms with Crippen molar-refractivity contribution < 1.29 is 18.3 Å². The largest absolute Gasteiger partial charge is 0.493 e. The molecule has 2 nitrogen and oxygen atoms in total. The second-order valence-electron chi connectivity index (χ2n) is 4.10. The Balaban J connectivity index is 2.59. The summed E-state index contributed by atoms with van der Waals surface area (Å²) in [7, 11) is 3.09. The second kappa shape index (κ2) is 5.26. The summed E-state index contributed by atoms with van der Waals surface area (Å²) in [5, 5.41) is 0. The first-order valence-electron chi connectivity index (χ1n) is 5.75. The molecule has 0 bridgehead atoms. The van der Waals surface area contributed by atoms with Crippen LogP contribution in [0.3, 0.4) is 0 Å². The molecule has 0 saturated heterocycles. The fourth-order valence-electron chi connectivity index (χ4n) is 2.06. The van der Waals surface area contributed by atoms with Gasteiger partial charge in [0.1, 0.15) is 0 Å². The molecule has 0 spiro atoms. The smallest absolute Gasteiger partial charge is 0.164 e. The lowest BCUT2D eigenvalue weighted by molar-refractivity contribution is 0.353. The van der Waals surface area contributed by atoms with Crippen LogP contribution < -0.4 is 9.47 Å². The van der Waals surface area contributed by atoms with Crippen LogP contribution >= 0.6 is 0 Å². The molecule has 19 heavy (non-hydrogen) atoms. The van der Waals surface area contributed by atoms with Crippen molar-refractivity contribution >= 4 is 0 Å². The summed E-state index contributed by atoms with van der Waals surface area (Å²) in [6.07, 6.45) is 0. The number of hydrogen-bond donors (Lipinski definition) is 0. The number of hydrogen-bond acceptors (Lipinski definition) is 2. The maximum atomic E-state index is 13.3. The summed E-state index contributed by atoms with van der Waals surface area (Å²) < 4.78 is 36.7. The van der Waals surface area contributed by atoms with Gasteiger partial charge in [-0.2, -0.15) is 0 Å². The van der Waals surface area contributed by atoms with E-state index < -0.39 is 11.6 Å². The highest BCUT2D eigenvalue weighted by molar-refractivity contribution is 5.72. The van der Waals surface area contributed by atoms with Crippen molar-refractivity contribution in [2.24, 2.45) is 0 Å². The van der Waals surface area contributed by atoms with Crippen LogP contribution in [-0.2, 0) is 0 Å². The third kappa shape index (κ3) is 2.38. The number of halogens is 2. The first kappa shape index (κ1) is 13.3. The van der Waals surface area contributed by atoms with E-state index >= 15 is 0 Å². The van der Waals surface area contributed by atoms with Crippen LogP contribution in [0.4, 0.5) is 8.78 Å². The van der Waals surface area contributed by atoms with Crippen molar-refractivity contribution in [2.45, 2.75) is 6.92 Å². The van der Waals surface area contributed by atoms with Crippen LogP contribution in [0, 0.1) is 18.6 Å². The van der Waals surface area contributed by atoms with Gasteiger partial charge in [-0.3, -0.25) is 0 Å². The molecule has 0 aliphatic rings. The van der Waals surface area contributed by atoms with Crippen molar-refractivity contribution in [1.82, 2.24) is 0 Å². The summed E-state index contributed by atoms with van der Waals surface area (Å²) in [5.41, 5.74) is 2.18. The molecule has 0 fully saturated rings. The molecule has 100 valence electrons. The molecule has 0 heterocycles. The first-order chi connectivity index (χ1) is 9.08. The molecule has 0 radical (unpaired) electrons. The number of rotatable bonds is 3. The van der Waals surface area contributed by atoms with E-state index in [1.807, 2.05) is 6.92 Å².